The second-order valence-electron chi connectivity index (χ2n) is 6.69. The third-order valence-corrected chi connectivity index (χ3v) is 5.19. The van der Waals surface area contributed by atoms with E-state index in [1.54, 1.807) is 7.11 Å². The summed E-state index contributed by atoms with van der Waals surface area (Å²) >= 11 is 0. The maximum absolute atomic E-state index is 13.0. The smallest absolute Gasteiger partial charge is 0.271 e. The number of carbonyl (C=O) groups excluding carboxylic acids is 1. The molecule has 1 aromatic heterocycles. The number of methoxy groups -OCH3 is 1. The lowest BCUT2D eigenvalue weighted by Gasteiger charge is -2.23. The van der Waals surface area contributed by atoms with Gasteiger partial charge in [0.25, 0.3) is 5.91 Å². The molecule has 1 N–H and O–H groups in total. The molecule has 3 rings (SSSR count). The normalized spacial score (nSPS) is 18.0. The van der Waals surface area contributed by atoms with E-state index in [9.17, 15) is 4.79 Å². The third-order valence-electron chi connectivity index (χ3n) is 5.19. The first-order valence-corrected chi connectivity index (χ1v) is 9.38. The highest BCUT2D eigenvalue weighted by molar-refractivity contribution is 6.04. The van der Waals surface area contributed by atoms with Crippen molar-refractivity contribution in [2.75, 3.05) is 26.7 Å². The zero-order chi connectivity index (χ0) is 17.8. The molecule has 0 saturated carbocycles. The van der Waals surface area contributed by atoms with Crippen LogP contribution in [-0.4, -0.2) is 48.2 Å². The average Bonchev–Trinajstić information content (AvgIpc) is 3.22. The van der Waals surface area contributed by atoms with E-state index >= 15 is 0 Å². The summed E-state index contributed by atoms with van der Waals surface area (Å²) in [5.41, 5.74) is 1.70. The molecule has 1 unspecified atom stereocenters. The molecule has 5 nitrogen and oxygen atoms in total. The van der Waals surface area contributed by atoms with Crippen molar-refractivity contribution in [2.45, 2.75) is 45.7 Å². The van der Waals surface area contributed by atoms with Gasteiger partial charge in [0.15, 0.2) is 11.4 Å². The first-order chi connectivity index (χ1) is 12.2. The van der Waals surface area contributed by atoms with Gasteiger partial charge in [-0.25, -0.2) is 0 Å². The van der Waals surface area contributed by atoms with Crippen LogP contribution in [0, 0.1) is 0 Å². The maximum atomic E-state index is 13.0. The fraction of sp³-hybridized carbons (Fsp3) is 0.550. The first kappa shape index (κ1) is 17.8. The van der Waals surface area contributed by atoms with E-state index in [1.165, 1.54) is 6.42 Å². The molecule has 1 aliphatic rings. The number of aromatic nitrogens is 1. The lowest BCUT2D eigenvalue weighted by atomic mass is 10.2. The van der Waals surface area contributed by atoms with Crippen LogP contribution in [0.1, 0.15) is 43.6 Å². The largest absolute Gasteiger partial charge is 0.494 e. The molecule has 25 heavy (non-hydrogen) atoms. The lowest BCUT2D eigenvalue weighted by molar-refractivity contribution is 0.0929. The summed E-state index contributed by atoms with van der Waals surface area (Å²) < 4.78 is 7.72. The number of fused-ring (bicyclic) bond motifs is 1. The molecule has 5 heteroatoms. The van der Waals surface area contributed by atoms with Crippen LogP contribution >= 0.6 is 0 Å². The average molecular weight is 343 g/mol. The van der Waals surface area contributed by atoms with E-state index < -0.39 is 0 Å². The summed E-state index contributed by atoms with van der Waals surface area (Å²) in [6.45, 7) is 7.99. The molecule has 0 bridgehead atoms. The van der Waals surface area contributed by atoms with Crippen molar-refractivity contribution < 1.29 is 9.53 Å². The van der Waals surface area contributed by atoms with Gasteiger partial charge >= 0.3 is 0 Å². The summed E-state index contributed by atoms with van der Waals surface area (Å²) in [6, 6.07) is 8.52. The summed E-state index contributed by atoms with van der Waals surface area (Å²) in [5.74, 6) is 0.643. The number of aryl methyl sites for hydroxylation is 1. The van der Waals surface area contributed by atoms with Crippen LogP contribution in [0.25, 0.3) is 10.9 Å². The van der Waals surface area contributed by atoms with E-state index in [4.69, 9.17) is 4.74 Å². The standard InChI is InChI=1S/C20H29N3O2/c1-4-12-23-17-11-7-6-10-16(17)19(25-3)18(23)20(24)21-14-15-9-8-13-22(15)5-2/h6-7,10-11,15H,4-5,8-9,12-14H2,1-3H3,(H,21,24). The highest BCUT2D eigenvalue weighted by Crippen LogP contribution is 2.33. The molecule has 2 heterocycles. The molecule has 0 radical (unpaired) electrons. The van der Waals surface area contributed by atoms with Gasteiger partial charge in [-0.05, 0) is 44.5 Å². The first-order valence-electron chi connectivity index (χ1n) is 9.38. The fourth-order valence-corrected chi connectivity index (χ4v) is 4.00. The molecule has 136 valence electrons. The monoisotopic (exact) mass is 343 g/mol. The Bertz CT molecular complexity index is 738. The summed E-state index contributed by atoms with van der Waals surface area (Å²) in [6.07, 6.45) is 3.34. The van der Waals surface area contributed by atoms with Gasteiger partial charge < -0.3 is 14.6 Å². The van der Waals surface area contributed by atoms with Crippen LogP contribution in [0.15, 0.2) is 24.3 Å². The van der Waals surface area contributed by atoms with Crippen molar-refractivity contribution in [3.8, 4) is 5.75 Å². The van der Waals surface area contributed by atoms with E-state index in [0.717, 1.165) is 43.4 Å². The Labute approximate surface area is 149 Å². The molecule has 1 atom stereocenters. The van der Waals surface area contributed by atoms with Gasteiger partial charge in [-0.2, -0.15) is 0 Å². The molecule has 1 aromatic carbocycles. The Balaban J connectivity index is 1.88. The van der Waals surface area contributed by atoms with Crippen molar-refractivity contribution in [2.24, 2.45) is 0 Å². The van der Waals surface area contributed by atoms with Crippen molar-refractivity contribution in [3.63, 3.8) is 0 Å². The summed E-state index contributed by atoms with van der Waals surface area (Å²) in [7, 11) is 1.64. The van der Waals surface area contributed by atoms with Gasteiger partial charge in [-0.1, -0.05) is 26.0 Å². The molecule has 1 aliphatic heterocycles. The number of nitrogens with zero attached hydrogens (tertiary/aromatic N) is 2. The Hall–Kier alpha value is -2.01. The summed E-state index contributed by atoms with van der Waals surface area (Å²) in [5, 5.41) is 4.16. The predicted molar refractivity (Wildman–Crippen MR) is 101 cm³/mol. The van der Waals surface area contributed by atoms with Crippen LogP contribution in [0.5, 0.6) is 5.75 Å². The molecule has 1 saturated heterocycles. The van der Waals surface area contributed by atoms with Crippen LogP contribution in [0.3, 0.4) is 0 Å². The number of rotatable bonds is 7. The number of likely N-dealkylation sites (N-methyl/N-ethyl adjacent to an activating group) is 1. The van der Waals surface area contributed by atoms with Crippen molar-refractivity contribution in [3.05, 3.63) is 30.0 Å². The summed E-state index contributed by atoms with van der Waals surface area (Å²) in [4.78, 5) is 15.5. The van der Waals surface area contributed by atoms with E-state index in [0.29, 0.717) is 24.0 Å². The third kappa shape index (κ3) is 3.38. The highest BCUT2D eigenvalue weighted by Gasteiger charge is 2.26. The van der Waals surface area contributed by atoms with Crippen molar-refractivity contribution in [1.29, 1.82) is 0 Å². The molecule has 1 amide bonds. The van der Waals surface area contributed by atoms with Gasteiger partial charge in [-0.3, -0.25) is 9.69 Å². The second-order valence-corrected chi connectivity index (χ2v) is 6.69. The topological polar surface area (TPSA) is 46.5 Å². The molecule has 0 spiro atoms. The van der Waals surface area contributed by atoms with Gasteiger partial charge in [-0.15, -0.1) is 0 Å². The van der Waals surface area contributed by atoms with Crippen LogP contribution in [0.2, 0.25) is 0 Å². The lowest BCUT2D eigenvalue weighted by Crippen LogP contribution is -2.40. The second kappa shape index (κ2) is 7.91. The number of hydrogen-bond acceptors (Lipinski definition) is 3. The van der Waals surface area contributed by atoms with Crippen molar-refractivity contribution >= 4 is 16.8 Å². The van der Waals surface area contributed by atoms with Crippen LogP contribution < -0.4 is 10.1 Å². The minimum Gasteiger partial charge on any atom is -0.494 e. The number of carbonyl (C=O) groups is 1. The van der Waals surface area contributed by atoms with Gasteiger partial charge in [0.05, 0.1) is 12.6 Å². The molecule has 2 aromatic rings. The Morgan fingerprint density at radius 2 is 2.12 bits per heavy atom. The quantitative estimate of drug-likeness (QED) is 0.839. The zero-order valence-corrected chi connectivity index (χ0v) is 15.5. The maximum Gasteiger partial charge on any atom is 0.271 e. The predicted octanol–water partition coefficient (Wildman–Crippen LogP) is 3.27. The number of benzene rings is 1. The van der Waals surface area contributed by atoms with E-state index in [1.807, 2.05) is 18.2 Å². The Kier molecular flexibility index (Phi) is 5.63. The minimum atomic E-state index is -0.0375. The SMILES string of the molecule is CCCn1c(C(=O)NCC2CCCN2CC)c(OC)c2ccccc21. The van der Waals surface area contributed by atoms with E-state index in [2.05, 4.69) is 34.7 Å². The number of likely N-dealkylation sites (tertiary alicyclic amines) is 1. The van der Waals surface area contributed by atoms with Crippen LogP contribution in [-0.2, 0) is 6.54 Å². The Morgan fingerprint density at radius 3 is 2.84 bits per heavy atom. The molecule has 0 aliphatic carbocycles. The van der Waals surface area contributed by atoms with Crippen molar-refractivity contribution in [1.82, 2.24) is 14.8 Å². The molecular formula is C20H29N3O2. The minimum absolute atomic E-state index is 0.0375. The fourth-order valence-electron chi connectivity index (χ4n) is 4.00. The van der Waals surface area contributed by atoms with E-state index in [-0.39, 0.29) is 5.91 Å². The van der Waals surface area contributed by atoms with Gasteiger partial charge in [0, 0.05) is 24.5 Å². The molecule has 1 fully saturated rings. The number of para-hydroxylation sites is 1. The number of ether oxygens (including phenoxy) is 1. The zero-order valence-electron chi connectivity index (χ0n) is 15.5. The Morgan fingerprint density at radius 1 is 1.32 bits per heavy atom. The van der Waals surface area contributed by atoms with Crippen LogP contribution in [0.4, 0.5) is 0 Å². The highest BCUT2D eigenvalue weighted by atomic mass is 16.5. The number of hydrogen-bond donors (Lipinski definition) is 1. The number of amides is 1. The van der Waals surface area contributed by atoms with Gasteiger partial charge in [0.1, 0.15) is 0 Å². The van der Waals surface area contributed by atoms with Gasteiger partial charge in [0.2, 0.25) is 0 Å². The molecular weight excluding hydrogens is 314 g/mol. The number of nitrogens with one attached hydrogen (secondary N) is 1.